The van der Waals surface area contributed by atoms with Crippen molar-refractivity contribution in [3.8, 4) is 0 Å². The molecule has 0 spiro atoms. The Morgan fingerprint density at radius 3 is 2.62 bits per heavy atom. The second-order valence-corrected chi connectivity index (χ2v) is 6.04. The average Bonchev–Trinajstić information content (AvgIpc) is 2.36. The summed E-state index contributed by atoms with van der Waals surface area (Å²) in [7, 11) is 0. The van der Waals surface area contributed by atoms with Gasteiger partial charge in [-0.25, -0.2) is 0 Å². The molecule has 2 rings (SSSR count). The minimum absolute atomic E-state index is 0.0232. The second kappa shape index (κ2) is 6.12. The highest BCUT2D eigenvalue weighted by Gasteiger charge is 2.08. The fourth-order valence-electron chi connectivity index (χ4n) is 2.50. The number of carbonyl (C=O) groups excluding carboxylic acids is 1. The highest BCUT2D eigenvalue weighted by atomic mass is 16.1. The third-order valence-electron chi connectivity index (χ3n) is 3.44. The van der Waals surface area contributed by atoms with Crippen molar-refractivity contribution in [1.82, 2.24) is 10.3 Å². The van der Waals surface area contributed by atoms with Gasteiger partial charge < -0.3 is 10.3 Å². The lowest BCUT2D eigenvalue weighted by Crippen LogP contribution is -2.27. The Hall–Kier alpha value is -2.10. The summed E-state index contributed by atoms with van der Waals surface area (Å²) in [5, 5.41) is 3.81. The summed E-state index contributed by atoms with van der Waals surface area (Å²) >= 11 is 0. The molecular weight excluding hydrogens is 264 g/mol. The van der Waals surface area contributed by atoms with Gasteiger partial charge in [-0.2, -0.15) is 0 Å². The van der Waals surface area contributed by atoms with Crippen molar-refractivity contribution in [3.63, 3.8) is 0 Å². The summed E-state index contributed by atoms with van der Waals surface area (Å²) in [6.45, 7) is 8.27. The number of carbonyl (C=O) groups is 1. The SMILES string of the molecule is Cc1cc(C)c2[nH]c(=O)c(CNC(=O)CC(C)C)cc2c1. The van der Waals surface area contributed by atoms with Gasteiger partial charge in [-0.15, -0.1) is 0 Å². The lowest BCUT2D eigenvalue weighted by atomic mass is 10.1. The van der Waals surface area contributed by atoms with Gasteiger partial charge in [0, 0.05) is 18.5 Å². The topological polar surface area (TPSA) is 62.0 Å². The van der Waals surface area contributed by atoms with E-state index in [0.29, 0.717) is 17.9 Å². The molecule has 0 fully saturated rings. The Kier molecular flexibility index (Phi) is 4.46. The van der Waals surface area contributed by atoms with Gasteiger partial charge in [-0.05, 0) is 42.8 Å². The molecule has 0 aliphatic rings. The number of rotatable bonds is 4. The van der Waals surface area contributed by atoms with E-state index in [9.17, 15) is 9.59 Å². The van der Waals surface area contributed by atoms with E-state index in [-0.39, 0.29) is 18.0 Å². The number of aromatic amines is 1. The normalized spacial score (nSPS) is 11.1. The highest BCUT2D eigenvalue weighted by Crippen LogP contribution is 2.17. The van der Waals surface area contributed by atoms with Gasteiger partial charge in [-0.1, -0.05) is 25.5 Å². The molecule has 1 aromatic heterocycles. The number of hydrogen-bond acceptors (Lipinski definition) is 2. The van der Waals surface area contributed by atoms with Crippen LogP contribution in [0.5, 0.6) is 0 Å². The van der Waals surface area contributed by atoms with Crippen molar-refractivity contribution in [2.45, 2.75) is 40.7 Å². The Labute approximate surface area is 124 Å². The van der Waals surface area contributed by atoms with Crippen LogP contribution < -0.4 is 10.9 Å². The molecule has 0 atom stereocenters. The fourth-order valence-corrected chi connectivity index (χ4v) is 2.50. The number of hydrogen-bond donors (Lipinski definition) is 2. The minimum atomic E-state index is -0.140. The largest absolute Gasteiger partial charge is 0.352 e. The van der Waals surface area contributed by atoms with Crippen molar-refractivity contribution in [3.05, 3.63) is 45.2 Å². The molecule has 1 heterocycles. The van der Waals surface area contributed by atoms with E-state index in [2.05, 4.69) is 10.3 Å². The number of aryl methyl sites for hydroxylation is 2. The molecule has 0 aliphatic carbocycles. The summed E-state index contributed by atoms with van der Waals surface area (Å²) in [4.78, 5) is 26.7. The van der Waals surface area contributed by atoms with Gasteiger partial charge in [0.25, 0.3) is 5.56 Å². The quantitative estimate of drug-likeness (QED) is 0.908. The number of H-pyrrole nitrogens is 1. The van der Waals surface area contributed by atoms with Crippen LogP contribution in [0, 0.1) is 19.8 Å². The van der Waals surface area contributed by atoms with Crippen LogP contribution in [-0.2, 0) is 11.3 Å². The van der Waals surface area contributed by atoms with Gasteiger partial charge in [-0.3, -0.25) is 9.59 Å². The fraction of sp³-hybridized carbons (Fsp3) is 0.412. The number of benzene rings is 1. The maximum atomic E-state index is 12.1. The van der Waals surface area contributed by atoms with Gasteiger partial charge in [0.1, 0.15) is 0 Å². The van der Waals surface area contributed by atoms with Crippen LogP contribution in [0.1, 0.15) is 37.0 Å². The Morgan fingerprint density at radius 1 is 1.24 bits per heavy atom. The predicted octanol–water partition coefficient (Wildman–Crippen LogP) is 2.81. The first-order valence-corrected chi connectivity index (χ1v) is 7.26. The molecule has 0 unspecified atom stereocenters. The van der Waals surface area contributed by atoms with Crippen LogP contribution in [0.2, 0.25) is 0 Å². The third-order valence-corrected chi connectivity index (χ3v) is 3.44. The monoisotopic (exact) mass is 286 g/mol. The van der Waals surface area contributed by atoms with E-state index in [0.717, 1.165) is 22.0 Å². The Balaban J connectivity index is 2.27. The minimum Gasteiger partial charge on any atom is -0.352 e. The van der Waals surface area contributed by atoms with Gasteiger partial charge in [0.2, 0.25) is 5.91 Å². The summed E-state index contributed by atoms with van der Waals surface area (Å²) < 4.78 is 0. The van der Waals surface area contributed by atoms with Crippen molar-refractivity contribution in [2.24, 2.45) is 5.92 Å². The lowest BCUT2D eigenvalue weighted by Gasteiger charge is -2.09. The second-order valence-electron chi connectivity index (χ2n) is 6.04. The first kappa shape index (κ1) is 15.3. The first-order chi connectivity index (χ1) is 9.86. The molecular formula is C17H22N2O2. The molecule has 0 bridgehead atoms. The molecule has 2 N–H and O–H groups in total. The standard InChI is InChI=1S/C17H22N2O2/c1-10(2)5-15(20)18-9-14-8-13-7-11(3)6-12(4)16(13)19-17(14)21/h6-8,10H,5,9H2,1-4H3,(H,18,20)(H,19,21). The van der Waals surface area contributed by atoms with Crippen molar-refractivity contribution >= 4 is 16.8 Å². The van der Waals surface area contributed by atoms with Crippen molar-refractivity contribution < 1.29 is 4.79 Å². The lowest BCUT2D eigenvalue weighted by molar-refractivity contribution is -0.121. The number of nitrogens with one attached hydrogen (secondary N) is 2. The van der Waals surface area contributed by atoms with E-state index >= 15 is 0 Å². The van der Waals surface area contributed by atoms with E-state index < -0.39 is 0 Å². The highest BCUT2D eigenvalue weighted by molar-refractivity contribution is 5.83. The van der Waals surface area contributed by atoms with E-state index in [1.165, 1.54) is 0 Å². The zero-order valence-corrected chi connectivity index (χ0v) is 13.0. The van der Waals surface area contributed by atoms with Gasteiger partial charge in [0.05, 0.1) is 5.52 Å². The molecule has 4 nitrogen and oxygen atoms in total. The predicted molar refractivity (Wildman–Crippen MR) is 85.3 cm³/mol. The molecule has 21 heavy (non-hydrogen) atoms. The molecule has 0 radical (unpaired) electrons. The summed E-state index contributed by atoms with van der Waals surface area (Å²) in [5.41, 5.74) is 3.52. The van der Waals surface area contributed by atoms with Gasteiger partial charge >= 0.3 is 0 Å². The third kappa shape index (κ3) is 3.72. The van der Waals surface area contributed by atoms with E-state index in [1.807, 2.05) is 45.9 Å². The van der Waals surface area contributed by atoms with Crippen molar-refractivity contribution in [2.75, 3.05) is 0 Å². The summed E-state index contributed by atoms with van der Waals surface area (Å²) in [6.07, 6.45) is 0.476. The average molecular weight is 286 g/mol. The first-order valence-electron chi connectivity index (χ1n) is 7.26. The molecule has 0 saturated heterocycles. The van der Waals surface area contributed by atoms with Crippen molar-refractivity contribution in [1.29, 1.82) is 0 Å². The summed E-state index contributed by atoms with van der Waals surface area (Å²) in [6, 6.07) is 5.95. The molecule has 112 valence electrons. The molecule has 4 heteroatoms. The molecule has 0 saturated carbocycles. The maximum Gasteiger partial charge on any atom is 0.253 e. The van der Waals surface area contributed by atoms with E-state index in [4.69, 9.17) is 0 Å². The number of amides is 1. The van der Waals surface area contributed by atoms with Gasteiger partial charge in [0.15, 0.2) is 0 Å². The molecule has 1 aromatic carbocycles. The number of fused-ring (bicyclic) bond motifs is 1. The molecule has 2 aromatic rings. The molecule has 0 aliphatic heterocycles. The summed E-state index contributed by atoms with van der Waals surface area (Å²) in [5.74, 6) is 0.287. The van der Waals surface area contributed by atoms with Crippen LogP contribution in [0.4, 0.5) is 0 Å². The molecule has 1 amide bonds. The zero-order chi connectivity index (χ0) is 15.6. The smallest absolute Gasteiger partial charge is 0.253 e. The maximum absolute atomic E-state index is 12.1. The van der Waals surface area contributed by atoms with Crippen LogP contribution in [0.25, 0.3) is 10.9 Å². The van der Waals surface area contributed by atoms with Crippen LogP contribution >= 0.6 is 0 Å². The number of pyridine rings is 1. The zero-order valence-electron chi connectivity index (χ0n) is 13.0. The van der Waals surface area contributed by atoms with Crippen LogP contribution in [0.15, 0.2) is 23.0 Å². The Morgan fingerprint density at radius 2 is 1.95 bits per heavy atom. The Bertz CT molecular complexity index is 729. The van der Waals surface area contributed by atoms with Crippen LogP contribution in [-0.4, -0.2) is 10.9 Å². The number of aromatic nitrogens is 1. The van der Waals surface area contributed by atoms with Crippen LogP contribution in [0.3, 0.4) is 0 Å². The van der Waals surface area contributed by atoms with E-state index in [1.54, 1.807) is 0 Å².